The number of hydrogen-bond acceptors (Lipinski definition) is 3. The molecule has 2 rings (SSSR count). The van der Waals surface area contributed by atoms with E-state index in [2.05, 4.69) is 55.9 Å². The number of nitrogens with one attached hydrogen (secondary N) is 1. The van der Waals surface area contributed by atoms with Gasteiger partial charge in [0.2, 0.25) is 0 Å². The third-order valence-electron chi connectivity index (χ3n) is 3.65. The van der Waals surface area contributed by atoms with E-state index in [1.165, 1.54) is 16.8 Å². The van der Waals surface area contributed by atoms with Crippen LogP contribution in [0.3, 0.4) is 0 Å². The Bertz CT molecular complexity index is 592. The van der Waals surface area contributed by atoms with Crippen LogP contribution in [-0.2, 0) is 13.0 Å². The van der Waals surface area contributed by atoms with E-state index >= 15 is 0 Å². The summed E-state index contributed by atoms with van der Waals surface area (Å²) in [7, 11) is 1.99. The van der Waals surface area contributed by atoms with Gasteiger partial charge in [0.15, 0.2) is 0 Å². The van der Waals surface area contributed by atoms with Gasteiger partial charge in [0, 0.05) is 31.4 Å². The number of aromatic nitrogens is 3. The van der Waals surface area contributed by atoms with E-state index in [1.807, 2.05) is 26.4 Å². The van der Waals surface area contributed by atoms with Crippen LogP contribution < -0.4 is 5.32 Å². The fourth-order valence-corrected chi connectivity index (χ4v) is 2.91. The van der Waals surface area contributed by atoms with E-state index in [1.54, 1.807) is 0 Å². The van der Waals surface area contributed by atoms with Crippen LogP contribution in [0.1, 0.15) is 35.5 Å². The minimum absolute atomic E-state index is 0.237. The van der Waals surface area contributed by atoms with Gasteiger partial charge in [-0.3, -0.25) is 9.67 Å². The molecule has 0 saturated heterocycles. The molecule has 0 aliphatic heterocycles. The predicted molar refractivity (Wildman–Crippen MR) is 84.8 cm³/mol. The molecule has 0 fully saturated rings. The molecule has 0 aliphatic rings. The minimum Gasteiger partial charge on any atom is -0.313 e. The lowest BCUT2D eigenvalue weighted by Crippen LogP contribution is -2.21. The topological polar surface area (TPSA) is 42.7 Å². The zero-order valence-corrected chi connectivity index (χ0v) is 14.0. The Labute approximate surface area is 128 Å². The molecule has 0 radical (unpaired) electrons. The molecule has 0 aliphatic carbocycles. The normalized spacial score (nSPS) is 12.7. The summed E-state index contributed by atoms with van der Waals surface area (Å²) in [4.78, 5) is 4.25. The van der Waals surface area contributed by atoms with Gasteiger partial charge in [0.1, 0.15) is 0 Å². The van der Waals surface area contributed by atoms with Crippen LogP contribution in [0.15, 0.2) is 22.9 Å². The molecular weight excluding hydrogens is 316 g/mol. The second kappa shape index (κ2) is 6.50. The quantitative estimate of drug-likeness (QED) is 0.911. The average molecular weight is 337 g/mol. The van der Waals surface area contributed by atoms with Crippen LogP contribution >= 0.6 is 15.9 Å². The molecule has 2 aromatic rings. The van der Waals surface area contributed by atoms with Gasteiger partial charge in [0.05, 0.1) is 15.9 Å². The largest absolute Gasteiger partial charge is 0.313 e. The fourth-order valence-electron chi connectivity index (χ4n) is 2.47. The van der Waals surface area contributed by atoms with Gasteiger partial charge in [0.25, 0.3) is 0 Å². The monoisotopic (exact) mass is 336 g/mol. The van der Waals surface area contributed by atoms with E-state index in [4.69, 9.17) is 0 Å². The van der Waals surface area contributed by atoms with Gasteiger partial charge >= 0.3 is 0 Å². The molecule has 0 aromatic carbocycles. The second-order valence-corrected chi connectivity index (χ2v) is 5.73. The van der Waals surface area contributed by atoms with Gasteiger partial charge < -0.3 is 5.32 Å². The molecule has 1 atom stereocenters. The standard InChI is InChI=1S/C15H21BrN4/c1-5-20-14(15(16)11(3)19-20)8-13(17-4)12-9-18-7-6-10(12)2/h6-7,9,13,17H,5,8H2,1-4H3. The van der Waals surface area contributed by atoms with E-state index in [-0.39, 0.29) is 6.04 Å². The van der Waals surface area contributed by atoms with Crippen LogP contribution in [0, 0.1) is 13.8 Å². The lowest BCUT2D eigenvalue weighted by atomic mass is 9.99. The molecule has 20 heavy (non-hydrogen) atoms. The number of rotatable bonds is 5. The summed E-state index contributed by atoms with van der Waals surface area (Å²) in [5.41, 5.74) is 4.77. The van der Waals surface area contributed by atoms with Crippen molar-refractivity contribution in [2.45, 2.75) is 39.8 Å². The summed E-state index contributed by atoms with van der Waals surface area (Å²) in [6.07, 6.45) is 4.67. The number of pyridine rings is 1. The zero-order valence-electron chi connectivity index (χ0n) is 12.4. The van der Waals surface area contributed by atoms with Crippen molar-refractivity contribution in [3.8, 4) is 0 Å². The van der Waals surface area contributed by atoms with Crippen LogP contribution in [0.4, 0.5) is 0 Å². The second-order valence-electron chi connectivity index (χ2n) is 4.94. The van der Waals surface area contributed by atoms with Crippen molar-refractivity contribution in [3.05, 3.63) is 45.4 Å². The molecule has 2 aromatic heterocycles. The number of hydrogen-bond donors (Lipinski definition) is 1. The van der Waals surface area contributed by atoms with Crippen molar-refractivity contribution in [3.63, 3.8) is 0 Å². The molecule has 0 saturated carbocycles. The summed E-state index contributed by atoms with van der Waals surface area (Å²) in [5, 5.41) is 7.95. The molecule has 0 bridgehead atoms. The minimum atomic E-state index is 0.237. The predicted octanol–water partition coefficient (Wildman–Crippen LogP) is 3.18. The summed E-state index contributed by atoms with van der Waals surface area (Å²) in [6.45, 7) is 7.15. The molecule has 4 nitrogen and oxygen atoms in total. The molecule has 0 spiro atoms. The third kappa shape index (κ3) is 2.94. The Morgan fingerprint density at radius 1 is 1.40 bits per heavy atom. The number of likely N-dealkylation sites (N-methyl/N-ethyl adjacent to an activating group) is 1. The Balaban J connectivity index is 2.34. The van der Waals surface area contributed by atoms with Gasteiger partial charge in [-0.1, -0.05) is 0 Å². The molecule has 2 heterocycles. The maximum absolute atomic E-state index is 4.56. The zero-order chi connectivity index (χ0) is 14.7. The van der Waals surface area contributed by atoms with Gasteiger partial charge in [-0.15, -0.1) is 0 Å². The van der Waals surface area contributed by atoms with E-state index < -0.39 is 0 Å². The molecular formula is C15H21BrN4. The van der Waals surface area contributed by atoms with Gasteiger partial charge in [-0.2, -0.15) is 5.10 Å². The summed E-state index contributed by atoms with van der Waals surface area (Å²) in [6, 6.07) is 2.29. The lowest BCUT2D eigenvalue weighted by Gasteiger charge is -2.19. The van der Waals surface area contributed by atoms with E-state index in [0.29, 0.717) is 0 Å². The molecule has 108 valence electrons. The first-order valence-electron chi connectivity index (χ1n) is 6.88. The van der Waals surface area contributed by atoms with Crippen LogP contribution in [0.5, 0.6) is 0 Å². The first-order valence-corrected chi connectivity index (χ1v) is 7.67. The third-order valence-corrected chi connectivity index (χ3v) is 4.69. The van der Waals surface area contributed by atoms with Crippen molar-refractivity contribution in [1.29, 1.82) is 0 Å². The van der Waals surface area contributed by atoms with E-state index in [9.17, 15) is 0 Å². The van der Waals surface area contributed by atoms with E-state index in [0.717, 1.165) is 23.1 Å². The van der Waals surface area contributed by atoms with Crippen molar-refractivity contribution < 1.29 is 0 Å². The Hall–Kier alpha value is -1.20. The van der Waals surface area contributed by atoms with Gasteiger partial charge in [-0.05, 0) is 60.9 Å². The van der Waals surface area contributed by atoms with Crippen molar-refractivity contribution in [2.75, 3.05) is 7.05 Å². The Morgan fingerprint density at radius 2 is 2.15 bits per heavy atom. The highest BCUT2D eigenvalue weighted by Crippen LogP contribution is 2.27. The Morgan fingerprint density at radius 3 is 2.75 bits per heavy atom. The number of nitrogens with zero attached hydrogens (tertiary/aromatic N) is 3. The summed E-state index contributed by atoms with van der Waals surface area (Å²) >= 11 is 3.66. The summed E-state index contributed by atoms with van der Waals surface area (Å²) < 4.78 is 3.18. The first kappa shape index (κ1) is 15.2. The summed E-state index contributed by atoms with van der Waals surface area (Å²) in [5.74, 6) is 0. The van der Waals surface area contributed by atoms with Crippen molar-refractivity contribution in [2.24, 2.45) is 0 Å². The Kier molecular flexibility index (Phi) is 4.94. The van der Waals surface area contributed by atoms with Gasteiger partial charge in [-0.25, -0.2) is 0 Å². The van der Waals surface area contributed by atoms with Crippen molar-refractivity contribution in [1.82, 2.24) is 20.1 Å². The molecule has 1 unspecified atom stereocenters. The van der Waals surface area contributed by atoms with Crippen LogP contribution in [0.25, 0.3) is 0 Å². The molecule has 0 amide bonds. The maximum Gasteiger partial charge on any atom is 0.0738 e. The smallest absolute Gasteiger partial charge is 0.0738 e. The fraction of sp³-hybridized carbons (Fsp3) is 0.467. The average Bonchev–Trinajstić information content (AvgIpc) is 2.73. The number of aryl methyl sites for hydroxylation is 3. The van der Waals surface area contributed by atoms with Crippen molar-refractivity contribution >= 4 is 15.9 Å². The highest BCUT2D eigenvalue weighted by atomic mass is 79.9. The lowest BCUT2D eigenvalue weighted by molar-refractivity contribution is 0.537. The highest BCUT2D eigenvalue weighted by Gasteiger charge is 2.19. The van der Waals surface area contributed by atoms with Crippen LogP contribution in [0.2, 0.25) is 0 Å². The SMILES string of the molecule is CCn1nc(C)c(Br)c1CC(NC)c1cnccc1C. The molecule has 5 heteroatoms. The highest BCUT2D eigenvalue weighted by molar-refractivity contribution is 9.10. The molecule has 1 N–H and O–H groups in total. The number of halogens is 1. The maximum atomic E-state index is 4.56. The van der Waals surface area contributed by atoms with Crippen LogP contribution in [-0.4, -0.2) is 21.8 Å². The first-order chi connectivity index (χ1) is 9.58.